The third-order valence-corrected chi connectivity index (χ3v) is 2.17. The van der Waals surface area contributed by atoms with Crippen LogP contribution in [0.1, 0.15) is 0 Å². The minimum atomic E-state index is -0.587. The van der Waals surface area contributed by atoms with Crippen molar-refractivity contribution in [2.24, 2.45) is 0 Å². The van der Waals surface area contributed by atoms with Crippen molar-refractivity contribution >= 4 is 10.8 Å². The lowest BCUT2D eigenvalue weighted by molar-refractivity contribution is 0.398. The van der Waals surface area contributed by atoms with Gasteiger partial charge in [-0.25, -0.2) is 0 Å². The lowest BCUT2D eigenvalue weighted by Gasteiger charge is -2.08. The van der Waals surface area contributed by atoms with Gasteiger partial charge in [-0.3, -0.25) is 0 Å². The van der Waals surface area contributed by atoms with E-state index in [4.69, 9.17) is 0 Å². The molecule has 5 heteroatoms. The highest BCUT2D eigenvalue weighted by Crippen LogP contribution is 2.46. The first kappa shape index (κ1) is 9.26. The molecule has 0 aromatic heterocycles. The molecule has 5 N–H and O–H groups in total. The fraction of sp³-hybridized carbons (Fsp3) is 0. The van der Waals surface area contributed by atoms with Crippen LogP contribution in [-0.4, -0.2) is 25.5 Å². The highest BCUT2D eigenvalue weighted by Gasteiger charge is 2.16. The molecule has 2 rings (SSSR count). The van der Waals surface area contributed by atoms with Crippen LogP contribution in [0.5, 0.6) is 28.7 Å². The van der Waals surface area contributed by atoms with Crippen LogP contribution in [0.15, 0.2) is 18.2 Å². The number of phenols is 5. The SMILES string of the molecule is Oc1cc(O)c2c(O)ccc(O)c2c1O. The summed E-state index contributed by atoms with van der Waals surface area (Å²) in [6, 6.07) is 3.21. The summed E-state index contributed by atoms with van der Waals surface area (Å²) >= 11 is 0. The van der Waals surface area contributed by atoms with Gasteiger partial charge in [0, 0.05) is 6.07 Å². The van der Waals surface area contributed by atoms with Gasteiger partial charge >= 0.3 is 0 Å². The Balaban J connectivity index is 3.08. The first-order valence-corrected chi connectivity index (χ1v) is 4.11. The zero-order chi connectivity index (χ0) is 11.2. The van der Waals surface area contributed by atoms with Gasteiger partial charge in [-0.1, -0.05) is 0 Å². The zero-order valence-corrected chi connectivity index (χ0v) is 7.47. The van der Waals surface area contributed by atoms with Crippen LogP contribution < -0.4 is 0 Å². The lowest BCUT2D eigenvalue weighted by atomic mass is 10.1. The predicted octanol–water partition coefficient (Wildman–Crippen LogP) is 1.37. The van der Waals surface area contributed by atoms with Gasteiger partial charge in [-0.15, -0.1) is 0 Å². The van der Waals surface area contributed by atoms with E-state index < -0.39 is 17.2 Å². The van der Waals surface area contributed by atoms with Gasteiger partial charge in [-0.2, -0.15) is 0 Å². The summed E-state index contributed by atoms with van der Waals surface area (Å²) in [7, 11) is 0. The molecular weight excluding hydrogens is 200 g/mol. The lowest BCUT2D eigenvalue weighted by Crippen LogP contribution is -1.80. The van der Waals surface area contributed by atoms with Crippen molar-refractivity contribution in [3.63, 3.8) is 0 Å². The van der Waals surface area contributed by atoms with Crippen molar-refractivity contribution in [3.05, 3.63) is 18.2 Å². The van der Waals surface area contributed by atoms with E-state index in [2.05, 4.69) is 0 Å². The minimum absolute atomic E-state index is 0.106. The molecule has 0 radical (unpaired) electrons. The van der Waals surface area contributed by atoms with Crippen molar-refractivity contribution in [1.82, 2.24) is 0 Å². The molecule has 0 aliphatic carbocycles. The molecule has 0 saturated carbocycles. The van der Waals surface area contributed by atoms with Crippen molar-refractivity contribution in [3.8, 4) is 28.7 Å². The van der Waals surface area contributed by atoms with Gasteiger partial charge in [0.15, 0.2) is 11.5 Å². The molecule has 0 unspecified atom stereocenters. The monoisotopic (exact) mass is 208 g/mol. The fourth-order valence-corrected chi connectivity index (χ4v) is 1.48. The maximum atomic E-state index is 9.46. The molecule has 0 fully saturated rings. The normalized spacial score (nSPS) is 10.7. The van der Waals surface area contributed by atoms with E-state index in [1.807, 2.05) is 0 Å². The summed E-state index contributed by atoms with van der Waals surface area (Å²) in [5.74, 6) is -2.21. The smallest absolute Gasteiger partial charge is 0.169 e. The number of phenolic OH excluding ortho intramolecular Hbond substituents is 5. The standard InChI is InChI=1S/C10H8O5/c11-4-1-2-5(12)9-8(4)6(13)3-7(14)10(9)15/h1-3,11-15H. The van der Waals surface area contributed by atoms with E-state index >= 15 is 0 Å². The third kappa shape index (κ3) is 1.17. The van der Waals surface area contributed by atoms with Gasteiger partial charge in [-0.05, 0) is 12.1 Å². The van der Waals surface area contributed by atoms with Gasteiger partial charge in [0.25, 0.3) is 0 Å². The van der Waals surface area contributed by atoms with E-state index in [1.165, 1.54) is 6.07 Å². The molecular formula is C10H8O5. The van der Waals surface area contributed by atoms with Crippen molar-refractivity contribution < 1.29 is 25.5 Å². The Morgan fingerprint density at radius 1 is 0.600 bits per heavy atom. The summed E-state index contributed by atoms with van der Waals surface area (Å²) in [5, 5.41) is 46.7. The van der Waals surface area contributed by atoms with Crippen molar-refractivity contribution in [2.75, 3.05) is 0 Å². The maximum absolute atomic E-state index is 9.46. The van der Waals surface area contributed by atoms with Gasteiger partial charge < -0.3 is 25.5 Å². The Kier molecular flexibility index (Phi) is 1.76. The number of hydrogen-bond acceptors (Lipinski definition) is 5. The summed E-state index contributed by atoms with van der Waals surface area (Å²) in [6.45, 7) is 0. The second kappa shape index (κ2) is 2.84. The number of hydrogen-bond donors (Lipinski definition) is 5. The van der Waals surface area contributed by atoms with E-state index in [0.29, 0.717) is 0 Å². The highest BCUT2D eigenvalue weighted by molar-refractivity contribution is 6.02. The Bertz CT molecular complexity index is 547. The maximum Gasteiger partial charge on any atom is 0.169 e. The zero-order valence-electron chi connectivity index (χ0n) is 7.47. The first-order chi connectivity index (χ1) is 7.02. The summed E-state index contributed by atoms with van der Waals surface area (Å²) in [6.07, 6.45) is 0. The topological polar surface area (TPSA) is 101 Å². The van der Waals surface area contributed by atoms with E-state index in [0.717, 1.165) is 12.1 Å². The average molecular weight is 208 g/mol. The summed E-state index contributed by atoms with van der Waals surface area (Å²) in [4.78, 5) is 0. The Hall–Kier alpha value is -2.30. The Morgan fingerprint density at radius 2 is 1.13 bits per heavy atom. The van der Waals surface area contributed by atoms with Crippen LogP contribution in [0.25, 0.3) is 10.8 Å². The van der Waals surface area contributed by atoms with Gasteiger partial charge in [0.2, 0.25) is 0 Å². The molecule has 0 spiro atoms. The molecule has 0 amide bonds. The van der Waals surface area contributed by atoms with Crippen LogP contribution in [0.4, 0.5) is 0 Å². The second-order valence-electron chi connectivity index (χ2n) is 3.12. The Labute approximate surface area is 84.1 Å². The van der Waals surface area contributed by atoms with Crippen LogP contribution in [-0.2, 0) is 0 Å². The predicted molar refractivity (Wildman–Crippen MR) is 52.3 cm³/mol. The van der Waals surface area contributed by atoms with E-state index in [1.54, 1.807) is 0 Å². The molecule has 5 nitrogen and oxygen atoms in total. The average Bonchev–Trinajstić information content (AvgIpc) is 2.18. The van der Waals surface area contributed by atoms with Crippen molar-refractivity contribution in [2.45, 2.75) is 0 Å². The molecule has 0 saturated heterocycles. The largest absolute Gasteiger partial charge is 0.507 e. The van der Waals surface area contributed by atoms with E-state index in [9.17, 15) is 25.5 Å². The third-order valence-electron chi connectivity index (χ3n) is 2.17. The highest BCUT2D eigenvalue weighted by atomic mass is 16.3. The molecule has 0 atom stereocenters. The number of benzene rings is 2. The molecule has 15 heavy (non-hydrogen) atoms. The Morgan fingerprint density at radius 3 is 1.73 bits per heavy atom. The molecule has 0 aliphatic rings. The molecule has 2 aromatic rings. The quantitative estimate of drug-likeness (QED) is 0.332. The second-order valence-corrected chi connectivity index (χ2v) is 3.12. The molecule has 2 aromatic carbocycles. The summed E-state index contributed by atoms with van der Waals surface area (Å²) < 4.78 is 0. The fourth-order valence-electron chi connectivity index (χ4n) is 1.48. The molecule has 0 bridgehead atoms. The minimum Gasteiger partial charge on any atom is -0.507 e. The van der Waals surface area contributed by atoms with Crippen LogP contribution in [0.3, 0.4) is 0 Å². The molecule has 0 heterocycles. The van der Waals surface area contributed by atoms with Gasteiger partial charge in [0.05, 0.1) is 10.8 Å². The van der Waals surface area contributed by atoms with Crippen LogP contribution in [0, 0.1) is 0 Å². The van der Waals surface area contributed by atoms with Crippen molar-refractivity contribution in [1.29, 1.82) is 0 Å². The van der Waals surface area contributed by atoms with E-state index in [-0.39, 0.29) is 22.3 Å². The van der Waals surface area contributed by atoms with Crippen LogP contribution in [0.2, 0.25) is 0 Å². The van der Waals surface area contributed by atoms with Gasteiger partial charge in [0.1, 0.15) is 17.2 Å². The number of rotatable bonds is 0. The first-order valence-electron chi connectivity index (χ1n) is 4.11. The molecule has 0 aliphatic heterocycles. The number of fused-ring (bicyclic) bond motifs is 1. The van der Waals surface area contributed by atoms with Crippen LogP contribution >= 0.6 is 0 Å². The molecule has 78 valence electrons. The summed E-state index contributed by atoms with van der Waals surface area (Å²) in [5.41, 5.74) is 0. The number of aromatic hydroxyl groups is 5.